The highest BCUT2D eigenvalue weighted by molar-refractivity contribution is 5.21. The van der Waals surface area contributed by atoms with Gasteiger partial charge in [-0.25, -0.2) is 0 Å². The van der Waals surface area contributed by atoms with Crippen molar-refractivity contribution in [1.29, 1.82) is 0 Å². The summed E-state index contributed by atoms with van der Waals surface area (Å²) < 4.78 is 10.5. The zero-order valence-electron chi connectivity index (χ0n) is 9.72. The van der Waals surface area contributed by atoms with Crippen LogP contribution in [0, 0.1) is 6.92 Å². The summed E-state index contributed by atoms with van der Waals surface area (Å²) in [7, 11) is 0. The van der Waals surface area contributed by atoms with Crippen LogP contribution in [0.4, 0.5) is 6.01 Å². The Morgan fingerprint density at radius 2 is 2.12 bits per heavy atom. The molecular weight excluding hydrogens is 218 g/mol. The first kappa shape index (κ1) is 11.4. The summed E-state index contributed by atoms with van der Waals surface area (Å²) in [6, 6.07) is 10.2. The Labute approximate surface area is 99.8 Å². The number of ether oxygens (including phenoxy) is 1. The number of hydrogen-bond donors (Lipinski definition) is 1. The molecule has 0 amide bonds. The van der Waals surface area contributed by atoms with Crippen LogP contribution in [0.3, 0.4) is 0 Å². The van der Waals surface area contributed by atoms with E-state index in [2.05, 4.69) is 15.5 Å². The lowest BCUT2D eigenvalue weighted by Crippen LogP contribution is -2.07. The van der Waals surface area contributed by atoms with Gasteiger partial charge in [0.1, 0.15) is 5.75 Å². The first-order valence-electron chi connectivity index (χ1n) is 5.56. The third-order valence-corrected chi connectivity index (χ3v) is 2.14. The van der Waals surface area contributed by atoms with E-state index >= 15 is 0 Å². The highest BCUT2D eigenvalue weighted by Crippen LogP contribution is 2.08. The topological polar surface area (TPSA) is 60.2 Å². The van der Waals surface area contributed by atoms with E-state index in [1.54, 1.807) is 6.92 Å². The van der Waals surface area contributed by atoms with Gasteiger partial charge in [-0.1, -0.05) is 23.4 Å². The zero-order chi connectivity index (χ0) is 11.9. The van der Waals surface area contributed by atoms with E-state index in [9.17, 15) is 0 Å². The Bertz CT molecular complexity index is 442. The highest BCUT2D eigenvalue weighted by Gasteiger charge is 2.00. The van der Waals surface area contributed by atoms with E-state index in [0.717, 1.165) is 18.7 Å². The smallest absolute Gasteiger partial charge is 0.321 e. The Hall–Kier alpha value is -2.04. The van der Waals surface area contributed by atoms with Crippen molar-refractivity contribution in [3.63, 3.8) is 0 Å². The molecule has 0 radical (unpaired) electrons. The van der Waals surface area contributed by atoms with Crippen LogP contribution in [0.5, 0.6) is 5.75 Å². The second-order valence-corrected chi connectivity index (χ2v) is 3.59. The predicted molar refractivity (Wildman–Crippen MR) is 64.1 cm³/mol. The van der Waals surface area contributed by atoms with E-state index < -0.39 is 0 Å². The first-order valence-corrected chi connectivity index (χ1v) is 5.56. The fraction of sp³-hybridized carbons (Fsp3) is 0.333. The number of aryl methyl sites for hydroxylation is 1. The van der Waals surface area contributed by atoms with Crippen molar-refractivity contribution >= 4 is 6.01 Å². The van der Waals surface area contributed by atoms with Crippen LogP contribution in [-0.4, -0.2) is 23.3 Å². The molecule has 1 N–H and O–H groups in total. The number of rotatable bonds is 6. The van der Waals surface area contributed by atoms with Gasteiger partial charge in [-0.2, -0.15) is 4.98 Å². The van der Waals surface area contributed by atoms with Gasteiger partial charge in [0.25, 0.3) is 0 Å². The van der Waals surface area contributed by atoms with Crippen molar-refractivity contribution in [1.82, 2.24) is 10.1 Å². The molecule has 0 unspecified atom stereocenters. The van der Waals surface area contributed by atoms with Gasteiger partial charge in [-0.05, 0) is 25.5 Å². The summed E-state index contributed by atoms with van der Waals surface area (Å²) in [6.45, 7) is 3.19. The standard InChI is InChI=1S/C12H15N3O2/c1-10-14-12(17-15-10)13-8-5-9-16-11-6-3-2-4-7-11/h2-4,6-7H,5,8-9H2,1H3,(H,13,14,15). The van der Waals surface area contributed by atoms with Crippen LogP contribution in [0.1, 0.15) is 12.2 Å². The number of para-hydroxylation sites is 1. The molecule has 0 saturated carbocycles. The highest BCUT2D eigenvalue weighted by atomic mass is 16.5. The van der Waals surface area contributed by atoms with E-state index in [4.69, 9.17) is 9.26 Å². The molecule has 90 valence electrons. The van der Waals surface area contributed by atoms with Crippen LogP contribution < -0.4 is 10.1 Å². The van der Waals surface area contributed by atoms with Crippen molar-refractivity contribution in [2.75, 3.05) is 18.5 Å². The molecule has 0 aliphatic rings. The first-order chi connectivity index (χ1) is 8.34. The third kappa shape index (κ3) is 3.79. The molecule has 2 aromatic rings. The Balaban J connectivity index is 1.61. The summed E-state index contributed by atoms with van der Waals surface area (Å²) in [5.41, 5.74) is 0. The molecule has 0 spiro atoms. The molecule has 5 nitrogen and oxygen atoms in total. The minimum Gasteiger partial charge on any atom is -0.494 e. The Morgan fingerprint density at radius 1 is 1.29 bits per heavy atom. The molecule has 1 aromatic carbocycles. The average molecular weight is 233 g/mol. The van der Waals surface area contributed by atoms with E-state index in [0.29, 0.717) is 18.4 Å². The minimum atomic E-state index is 0.460. The van der Waals surface area contributed by atoms with Crippen molar-refractivity contribution in [2.24, 2.45) is 0 Å². The van der Waals surface area contributed by atoms with Crippen LogP contribution in [0.2, 0.25) is 0 Å². The lowest BCUT2D eigenvalue weighted by atomic mass is 10.3. The summed E-state index contributed by atoms with van der Waals surface area (Å²) in [6.07, 6.45) is 0.871. The largest absolute Gasteiger partial charge is 0.494 e. The molecule has 0 saturated heterocycles. The molecule has 5 heteroatoms. The molecule has 0 aliphatic heterocycles. The molecule has 0 aliphatic carbocycles. The normalized spacial score (nSPS) is 10.2. The third-order valence-electron chi connectivity index (χ3n) is 2.14. The summed E-state index contributed by atoms with van der Waals surface area (Å²) in [4.78, 5) is 4.04. The van der Waals surface area contributed by atoms with Gasteiger partial charge in [0.15, 0.2) is 5.82 Å². The summed E-state index contributed by atoms with van der Waals surface area (Å²) >= 11 is 0. The van der Waals surface area contributed by atoms with Gasteiger partial charge < -0.3 is 14.6 Å². The fourth-order valence-electron chi connectivity index (χ4n) is 1.34. The number of nitrogens with one attached hydrogen (secondary N) is 1. The van der Waals surface area contributed by atoms with Gasteiger partial charge in [0, 0.05) is 6.54 Å². The van der Waals surface area contributed by atoms with E-state index in [1.807, 2.05) is 30.3 Å². The van der Waals surface area contributed by atoms with Crippen molar-refractivity contribution in [2.45, 2.75) is 13.3 Å². The Kier molecular flexibility index (Phi) is 3.96. The van der Waals surface area contributed by atoms with Crippen LogP contribution in [-0.2, 0) is 0 Å². The summed E-state index contributed by atoms with van der Waals surface area (Å²) in [5.74, 6) is 1.52. The molecule has 1 aromatic heterocycles. The quantitative estimate of drug-likeness (QED) is 0.775. The average Bonchev–Trinajstić information content (AvgIpc) is 2.76. The lowest BCUT2D eigenvalue weighted by Gasteiger charge is -2.05. The molecule has 2 rings (SSSR count). The van der Waals surface area contributed by atoms with Crippen molar-refractivity contribution in [3.05, 3.63) is 36.2 Å². The number of benzene rings is 1. The molecular formula is C12H15N3O2. The maximum absolute atomic E-state index is 5.54. The molecule has 0 atom stereocenters. The number of aromatic nitrogens is 2. The van der Waals surface area contributed by atoms with Gasteiger partial charge in [0.2, 0.25) is 0 Å². The second kappa shape index (κ2) is 5.89. The van der Waals surface area contributed by atoms with Crippen LogP contribution >= 0.6 is 0 Å². The van der Waals surface area contributed by atoms with Crippen molar-refractivity contribution in [3.8, 4) is 5.75 Å². The van der Waals surface area contributed by atoms with Crippen LogP contribution in [0.25, 0.3) is 0 Å². The van der Waals surface area contributed by atoms with Crippen LogP contribution in [0.15, 0.2) is 34.9 Å². The number of nitrogens with zero attached hydrogens (tertiary/aromatic N) is 2. The molecule has 1 heterocycles. The maximum Gasteiger partial charge on any atom is 0.321 e. The SMILES string of the molecule is Cc1noc(NCCCOc2ccccc2)n1. The monoisotopic (exact) mass is 233 g/mol. The van der Waals surface area contributed by atoms with E-state index in [-0.39, 0.29) is 0 Å². The van der Waals surface area contributed by atoms with Crippen molar-refractivity contribution < 1.29 is 9.26 Å². The van der Waals surface area contributed by atoms with E-state index in [1.165, 1.54) is 0 Å². The summed E-state index contributed by atoms with van der Waals surface area (Å²) in [5, 5.41) is 6.71. The predicted octanol–water partition coefficient (Wildman–Crippen LogP) is 2.26. The zero-order valence-corrected chi connectivity index (χ0v) is 9.72. The molecule has 0 bridgehead atoms. The lowest BCUT2D eigenvalue weighted by molar-refractivity contribution is 0.314. The minimum absolute atomic E-state index is 0.460. The molecule has 0 fully saturated rings. The van der Waals surface area contributed by atoms with Gasteiger partial charge in [-0.15, -0.1) is 0 Å². The van der Waals surface area contributed by atoms with Gasteiger partial charge >= 0.3 is 6.01 Å². The second-order valence-electron chi connectivity index (χ2n) is 3.59. The molecule has 17 heavy (non-hydrogen) atoms. The number of anilines is 1. The van der Waals surface area contributed by atoms with Gasteiger partial charge in [-0.3, -0.25) is 0 Å². The fourth-order valence-corrected chi connectivity index (χ4v) is 1.34. The van der Waals surface area contributed by atoms with Gasteiger partial charge in [0.05, 0.1) is 6.61 Å². The number of hydrogen-bond acceptors (Lipinski definition) is 5. The Morgan fingerprint density at radius 3 is 2.82 bits per heavy atom. The maximum atomic E-state index is 5.54.